The number of hydrogen-bond donors (Lipinski definition) is 3. The van der Waals surface area contributed by atoms with Crippen LogP contribution in [0.15, 0.2) is 36.5 Å². The molecule has 1 aromatic heterocycles. The molecular formula is C27H38N6O5S. The summed E-state index contributed by atoms with van der Waals surface area (Å²) in [6, 6.07) is 6.59. The van der Waals surface area contributed by atoms with E-state index in [4.69, 9.17) is 0 Å². The number of carbonyl (C=O) groups is 3. The largest absolute Gasteiger partial charge is 0.342 e. The van der Waals surface area contributed by atoms with Crippen LogP contribution >= 0.6 is 0 Å². The maximum atomic E-state index is 14.0. The van der Waals surface area contributed by atoms with Crippen LogP contribution in [0.4, 0.5) is 5.69 Å². The fraction of sp³-hybridized carbons (Fsp3) is 0.556. The van der Waals surface area contributed by atoms with Crippen LogP contribution in [-0.2, 0) is 24.4 Å². The van der Waals surface area contributed by atoms with Gasteiger partial charge in [-0.15, -0.1) is 0 Å². The first-order chi connectivity index (χ1) is 18.2. The number of carbonyl (C=O) groups excluding carboxylic acids is 3. The zero-order valence-electron chi connectivity index (χ0n) is 23.3. The molecule has 39 heavy (non-hydrogen) atoms. The molecule has 0 radical (unpaired) electrons. The normalized spacial score (nSPS) is 23.3. The Balaban J connectivity index is 1.66. The van der Waals surface area contributed by atoms with Gasteiger partial charge in [-0.25, -0.2) is 8.42 Å². The van der Waals surface area contributed by atoms with Crippen LogP contribution in [0, 0.1) is 11.3 Å². The van der Waals surface area contributed by atoms with E-state index >= 15 is 0 Å². The average Bonchev–Trinajstić information content (AvgIpc) is 3.46. The van der Waals surface area contributed by atoms with Crippen LogP contribution in [0.2, 0.25) is 0 Å². The minimum atomic E-state index is -3.64. The van der Waals surface area contributed by atoms with E-state index in [2.05, 4.69) is 20.9 Å². The van der Waals surface area contributed by atoms with E-state index in [1.807, 2.05) is 45.0 Å². The predicted molar refractivity (Wildman–Crippen MR) is 149 cm³/mol. The molecule has 4 rings (SSSR count). The molecule has 0 spiro atoms. The molecule has 12 heteroatoms. The number of sulfonamides is 1. The zero-order valence-corrected chi connectivity index (χ0v) is 24.1. The van der Waals surface area contributed by atoms with Gasteiger partial charge in [-0.05, 0) is 37.9 Å². The second kappa shape index (κ2) is 10.8. The number of hydrogen-bond acceptors (Lipinski definition) is 7. The lowest BCUT2D eigenvalue weighted by molar-refractivity contribution is -0.141. The summed E-state index contributed by atoms with van der Waals surface area (Å²) in [5.74, 6) is -1.83. The van der Waals surface area contributed by atoms with Gasteiger partial charge in [0, 0.05) is 30.7 Å². The third kappa shape index (κ3) is 5.78. The van der Waals surface area contributed by atoms with Crippen LogP contribution in [0.3, 0.4) is 0 Å². The van der Waals surface area contributed by atoms with Gasteiger partial charge in [0.1, 0.15) is 6.04 Å². The quantitative estimate of drug-likeness (QED) is 0.463. The molecule has 0 saturated carbocycles. The lowest BCUT2D eigenvalue weighted by Gasteiger charge is -2.37. The highest BCUT2D eigenvalue weighted by Crippen LogP contribution is 2.39. The molecule has 0 unspecified atom stereocenters. The Morgan fingerprint density at radius 3 is 2.46 bits per heavy atom. The van der Waals surface area contributed by atoms with Gasteiger partial charge in [0.05, 0.1) is 35.5 Å². The minimum Gasteiger partial charge on any atom is -0.342 e. The number of nitrogens with one attached hydrogen (secondary N) is 3. The number of rotatable bonds is 7. The van der Waals surface area contributed by atoms with Crippen molar-refractivity contribution in [3.8, 4) is 0 Å². The van der Waals surface area contributed by atoms with Crippen molar-refractivity contribution in [2.45, 2.75) is 58.3 Å². The van der Waals surface area contributed by atoms with E-state index in [1.165, 1.54) is 4.31 Å². The number of amides is 3. The molecule has 2 aliphatic rings. The van der Waals surface area contributed by atoms with Gasteiger partial charge in [0.2, 0.25) is 27.7 Å². The average molecular weight is 559 g/mol. The molecule has 11 nitrogen and oxygen atoms in total. The number of nitrogens with zero attached hydrogens (tertiary/aromatic N) is 3. The summed E-state index contributed by atoms with van der Waals surface area (Å²) >= 11 is 0. The highest BCUT2D eigenvalue weighted by Gasteiger charge is 2.56. The van der Waals surface area contributed by atoms with Crippen molar-refractivity contribution < 1.29 is 22.8 Å². The van der Waals surface area contributed by atoms with Gasteiger partial charge in [-0.2, -0.15) is 4.31 Å². The molecule has 2 saturated heterocycles. The standard InChI is InChI=1S/C27H38N6O5S/c1-16(28-5)24(34)31-23(27(2,3)4)26(36)32-14-12-20-22(32)18(15-33(20)39(6,37)38)25(35)30-19-11-7-9-17-10-8-13-29-21(17)19/h7-11,13,16,18,20,22-23,28H,12,14-15H2,1-6H3,(H,30,35)(H,31,34)/t16-,18+,20-,22-,23-/m1/s1. The van der Waals surface area contributed by atoms with Gasteiger partial charge in [-0.1, -0.05) is 39.0 Å². The van der Waals surface area contributed by atoms with E-state index < -0.39 is 45.5 Å². The molecule has 212 valence electrons. The molecule has 0 aliphatic carbocycles. The summed E-state index contributed by atoms with van der Waals surface area (Å²) in [4.78, 5) is 46.5. The fourth-order valence-corrected chi connectivity index (χ4v) is 6.71. The fourth-order valence-electron chi connectivity index (χ4n) is 5.56. The number of para-hydroxylation sites is 1. The molecule has 1 aromatic carbocycles. The summed E-state index contributed by atoms with van der Waals surface area (Å²) in [6.07, 6.45) is 3.17. The second-order valence-corrected chi connectivity index (χ2v) is 13.4. The Hall–Kier alpha value is -3.09. The minimum absolute atomic E-state index is 0.0364. The van der Waals surface area contributed by atoms with Crippen LogP contribution < -0.4 is 16.0 Å². The number of pyridine rings is 1. The summed E-state index contributed by atoms with van der Waals surface area (Å²) in [5.41, 5.74) is 0.514. The molecule has 2 aliphatic heterocycles. The predicted octanol–water partition coefficient (Wildman–Crippen LogP) is 1.17. The van der Waals surface area contributed by atoms with E-state index in [9.17, 15) is 22.8 Å². The Morgan fingerprint density at radius 2 is 1.82 bits per heavy atom. The van der Waals surface area contributed by atoms with Gasteiger partial charge < -0.3 is 20.9 Å². The van der Waals surface area contributed by atoms with Crippen molar-refractivity contribution in [1.82, 2.24) is 24.8 Å². The Kier molecular flexibility index (Phi) is 8.02. The smallest absolute Gasteiger partial charge is 0.246 e. The monoisotopic (exact) mass is 558 g/mol. The number of fused-ring (bicyclic) bond motifs is 2. The summed E-state index contributed by atoms with van der Waals surface area (Å²) in [6.45, 7) is 7.54. The maximum absolute atomic E-state index is 14.0. The van der Waals surface area contributed by atoms with Gasteiger partial charge in [0.25, 0.3) is 0 Å². The molecule has 3 N–H and O–H groups in total. The Labute approximate surface area is 229 Å². The number of likely N-dealkylation sites (tertiary alicyclic amines) is 1. The third-order valence-corrected chi connectivity index (χ3v) is 9.01. The topological polar surface area (TPSA) is 141 Å². The summed E-state index contributed by atoms with van der Waals surface area (Å²) in [5, 5.41) is 9.56. The Bertz CT molecular complexity index is 1370. The van der Waals surface area contributed by atoms with Crippen LogP contribution in [-0.4, -0.2) is 90.9 Å². The van der Waals surface area contributed by atoms with Gasteiger partial charge in [0.15, 0.2) is 0 Å². The Morgan fingerprint density at radius 1 is 1.13 bits per heavy atom. The maximum Gasteiger partial charge on any atom is 0.246 e. The van der Waals surface area contributed by atoms with Gasteiger partial charge in [-0.3, -0.25) is 19.4 Å². The van der Waals surface area contributed by atoms with Crippen LogP contribution in [0.1, 0.15) is 34.1 Å². The number of aromatic nitrogens is 1. The molecule has 2 aromatic rings. The van der Waals surface area contributed by atoms with E-state index in [1.54, 1.807) is 31.1 Å². The first-order valence-electron chi connectivity index (χ1n) is 13.1. The lowest BCUT2D eigenvalue weighted by Crippen LogP contribution is -2.59. The van der Waals surface area contributed by atoms with Crippen molar-refractivity contribution in [2.24, 2.45) is 11.3 Å². The summed E-state index contributed by atoms with van der Waals surface area (Å²) in [7, 11) is -1.97. The highest BCUT2D eigenvalue weighted by molar-refractivity contribution is 7.88. The van der Waals surface area contributed by atoms with Crippen molar-refractivity contribution in [3.05, 3.63) is 36.5 Å². The highest BCUT2D eigenvalue weighted by atomic mass is 32.2. The zero-order chi connectivity index (χ0) is 28.7. The molecular weight excluding hydrogens is 520 g/mol. The first-order valence-corrected chi connectivity index (χ1v) is 15.0. The lowest BCUT2D eigenvalue weighted by atomic mass is 9.85. The SMILES string of the molecule is CN[C@H](C)C(=O)N[C@H](C(=O)N1CC[C@@H]2[C@H]1[C@@H](C(=O)Nc1cccc3cccnc13)CN2S(C)(=O)=O)C(C)(C)C. The van der Waals surface area contributed by atoms with Gasteiger partial charge >= 0.3 is 0 Å². The van der Waals surface area contributed by atoms with Crippen molar-refractivity contribution in [2.75, 3.05) is 31.7 Å². The third-order valence-electron chi connectivity index (χ3n) is 7.74. The van der Waals surface area contributed by atoms with E-state index in [-0.39, 0.29) is 30.8 Å². The molecule has 3 amide bonds. The molecule has 5 atom stereocenters. The van der Waals surface area contributed by atoms with Crippen LogP contribution in [0.5, 0.6) is 0 Å². The molecule has 3 heterocycles. The van der Waals surface area contributed by atoms with E-state index in [0.29, 0.717) is 17.6 Å². The number of benzene rings is 1. The second-order valence-electron chi connectivity index (χ2n) is 11.5. The molecule has 0 bridgehead atoms. The number of anilines is 1. The summed E-state index contributed by atoms with van der Waals surface area (Å²) < 4.78 is 26.8. The molecule has 2 fully saturated rings. The van der Waals surface area contributed by atoms with Crippen molar-refractivity contribution in [3.63, 3.8) is 0 Å². The van der Waals surface area contributed by atoms with E-state index in [0.717, 1.165) is 11.6 Å². The van der Waals surface area contributed by atoms with Crippen molar-refractivity contribution in [1.29, 1.82) is 0 Å². The van der Waals surface area contributed by atoms with Crippen LogP contribution in [0.25, 0.3) is 10.9 Å². The number of likely N-dealkylation sites (N-methyl/N-ethyl adjacent to an activating group) is 1. The van der Waals surface area contributed by atoms with Crippen molar-refractivity contribution >= 4 is 44.3 Å². The first kappa shape index (κ1) is 28.9.